The van der Waals surface area contributed by atoms with Crippen LogP contribution in [0.3, 0.4) is 0 Å². The molecule has 4 N–H and O–H groups in total. The fraction of sp³-hybridized carbons (Fsp3) is 0.111. The van der Waals surface area contributed by atoms with Crippen LogP contribution in [0.1, 0.15) is 15.9 Å². The predicted octanol–water partition coefficient (Wildman–Crippen LogP) is -0.309. The summed E-state index contributed by atoms with van der Waals surface area (Å²) in [7, 11) is 0. The van der Waals surface area contributed by atoms with Crippen LogP contribution >= 0.6 is 0 Å². The number of amides is 1. The number of nitrogens with zero attached hydrogens (tertiary/aromatic N) is 1. The van der Waals surface area contributed by atoms with E-state index in [0.717, 1.165) is 5.56 Å². The average Bonchev–Trinajstić information content (AvgIpc) is 2.25. The summed E-state index contributed by atoms with van der Waals surface area (Å²) in [5, 5.41) is 8.55. The van der Waals surface area contributed by atoms with E-state index < -0.39 is 5.91 Å². The van der Waals surface area contributed by atoms with Gasteiger partial charge in [0.1, 0.15) is 0 Å². The topological polar surface area (TPSA) is 88.2 Å². The number of nitrogens with two attached hydrogens (primary N) is 1. The van der Waals surface area contributed by atoms with Crippen molar-refractivity contribution in [3.8, 4) is 0 Å². The lowest BCUT2D eigenvalue weighted by Crippen LogP contribution is -2.30. The van der Waals surface area contributed by atoms with Crippen LogP contribution in [-0.4, -0.2) is 22.6 Å². The largest absolute Gasteiger partial charge is 0.392 e. The number of aromatic nitrogens is 1. The highest BCUT2D eigenvalue weighted by molar-refractivity contribution is 5.93. The van der Waals surface area contributed by atoms with E-state index in [0.29, 0.717) is 5.56 Å². The van der Waals surface area contributed by atoms with Crippen molar-refractivity contribution < 1.29 is 9.90 Å². The molecule has 1 aromatic rings. The molecule has 1 heterocycles. The van der Waals surface area contributed by atoms with Gasteiger partial charge in [-0.25, -0.2) is 5.84 Å². The van der Waals surface area contributed by atoms with Gasteiger partial charge in [0.15, 0.2) is 0 Å². The van der Waals surface area contributed by atoms with Gasteiger partial charge in [0.05, 0.1) is 12.2 Å². The molecule has 0 aromatic carbocycles. The molecule has 0 atom stereocenters. The maximum absolute atomic E-state index is 11.1. The standard InChI is InChI=1S/C9H11N3O2/c10-12-9(14)8-4-7(2-1-3-13)5-11-6-8/h1-2,4-6,13H,3,10H2,(H,12,14). The lowest BCUT2D eigenvalue weighted by molar-refractivity contribution is 0.0953. The van der Waals surface area contributed by atoms with Gasteiger partial charge in [0, 0.05) is 12.4 Å². The molecule has 0 saturated heterocycles. The van der Waals surface area contributed by atoms with Gasteiger partial charge in [-0.1, -0.05) is 12.2 Å². The smallest absolute Gasteiger partial charge is 0.266 e. The Labute approximate surface area is 81.2 Å². The van der Waals surface area contributed by atoms with E-state index in [2.05, 4.69) is 4.98 Å². The molecule has 1 aromatic heterocycles. The molecule has 1 amide bonds. The van der Waals surface area contributed by atoms with Crippen molar-refractivity contribution in [3.05, 3.63) is 35.7 Å². The number of hydrogen-bond acceptors (Lipinski definition) is 4. The molecule has 0 unspecified atom stereocenters. The van der Waals surface area contributed by atoms with Crippen molar-refractivity contribution >= 4 is 12.0 Å². The number of pyridine rings is 1. The number of nitrogens with one attached hydrogen (secondary N) is 1. The van der Waals surface area contributed by atoms with E-state index in [1.165, 1.54) is 6.20 Å². The number of hydrazine groups is 1. The summed E-state index contributed by atoms with van der Waals surface area (Å²) >= 11 is 0. The van der Waals surface area contributed by atoms with Gasteiger partial charge in [-0.2, -0.15) is 0 Å². The van der Waals surface area contributed by atoms with Crippen molar-refractivity contribution in [2.75, 3.05) is 6.61 Å². The Morgan fingerprint density at radius 3 is 3.07 bits per heavy atom. The van der Waals surface area contributed by atoms with Crippen LogP contribution in [0, 0.1) is 0 Å². The summed E-state index contributed by atoms with van der Waals surface area (Å²) in [6.45, 7) is -0.0483. The molecule has 5 nitrogen and oxygen atoms in total. The lowest BCUT2D eigenvalue weighted by Gasteiger charge is -1.99. The third-order valence-corrected chi connectivity index (χ3v) is 1.57. The zero-order valence-corrected chi connectivity index (χ0v) is 7.47. The summed E-state index contributed by atoms with van der Waals surface area (Å²) in [4.78, 5) is 14.9. The minimum absolute atomic E-state index is 0.0483. The summed E-state index contributed by atoms with van der Waals surface area (Å²) < 4.78 is 0. The first-order chi connectivity index (χ1) is 6.77. The van der Waals surface area contributed by atoms with Crippen molar-refractivity contribution in [3.63, 3.8) is 0 Å². The number of rotatable bonds is 3. The third kappa shape index (κ3) is 2.65. The van der Waals surface area contributed by atoms with Gasteiger partial charge in [0.2, 0.25) is 0 Å². The van der Waals surface area contributed by atoms with E-state index in [1.54, 1.807) is 24.4 Å². The molecule has 74 valence electrons. The summed E-state index contributed by atoms with van der Waals surface area (Å²) in [5.74, 6) is 4.58. The van der Waals surface area contributed by atoms with Gasteiger partial charge >= 0.3 is 0 Å². The second kappa shape index (κ2) is 5.11. The van der Waals surface area contributed by atoms with E-state index in [9.17, 15) is 4.79 Å². The van der Waals surface area contributed by atoms with E-state index in [-0.39, 0.29) is 6.61 Å². The number of aliphatic hydroxyl groups excluding tert-OH is 1. The van der Waals surface area contributed by atoms with Gasteiger partial charge in [0.25, 0.3) is 5.91 Å². The molecule has 0 aliphatic heterocycles. The Morgan fingerprint density at radius 1 is 1.64 bits per heavy atom. The van der Waals surface area contributed by atoms with Gasteiger partial charge in [-0.3, -0.25) is 15.2 Å². The minimum atomic E-state index is -0.392. The lowest BCUT2D eigenvalue weighted by atomic mass is 10.2. The molecule has 0 radical (unpaired) electrons. The molecule has 0 saturated carbocycles. The summed E-state index contributed by atoms with van der Waals surface area (Å²) in [6, 6.07) is 1.63. The monoisotopic (exact) mass is 193 g/mol. The molecule has 0 aliphatic carbocycles. The first-order valence-electron chi connectivity index (χ1n) is 4.01. The van der Waals surface area contributed by atoms with Crippen molar-refractivity contribution in [1.82, 2.24) is 10.4 Å². The Kier molecular flexibility index (Phi) is 3.78. The number of hydrogen-bond donors (Lipinski definition) is 3. The Balaban J connectivity index is 2.89. The second-order valence-electron chi connectivity index (χ2n) is 2.57. The van der Waals surface area contributed by atoms with Gasteiger partial charge in [-0.05, 0) is 11.6 Å². The molecule has 0 spiro atoms. The number of aliphatic hydroxyl groups is 1. The first kappa shape index (κ1) is 10.4. The van der Waals surface area contributed by atoms with Crippen LogP contribution in [0.5, 0.6) is 0 Å². The second-order valence-corrected chi connectivity index (χ2v) is 2.57. The zero-order valence-electron chi connectivity index (χ0n) is 7.47. The predicted molar refractivity (Wildman–Crippen MR) is 52.0 cm³/mol. The first-order valence-corrected chi connectivity index (χ1v) is 4.01. The Bertz CT molecular complexity index is 350. The highest BCUT2D eigenvalue weighted by Gasteiger charge is 2.02. The Morgan fingerprint density at radius 2 is 2.43 bits per heavy atom. The van der Waals surface area contributed by atoms with Crippen LogP contribution in [-0.2, 0) is 0 Å². The van der Waals surface area contributed by atoms with Gasteiger partial charge < -0.3 is 5.11 Å². The van der Waals surface area contributed by atoms with Crippen LogP contribution in [0.15, 0.2) is 24.5 Å². The molecule has 0 fully saturated rings. The van der Waals surface area contributed by atoms with Crippen LogP contribution in [0.4, 0.5) is 0 Å². The number of nitrogen functional groups attached to an aromatic ring is 1. The van der Waals surface area contributed by atoms with Crippen LogP contribution < -0.4 is 11.3 Å². The van der Waals surface area contributed by atoms with E-state index in [1.807, 2.05) is 5.43 Å². The van der Waals surface area contributed by atoms with Crippen LogP contribution in [0.2, 0.25) is 0 Å². The molecular formula is C9H11N3O2. The maximum atomic E-state index is 11.1. The van der Waals surface area contributed by atoms with E-state index >= 15 is 0 Å². The minimum Gasteiger partial charge on any atom is -0.392 e. The van der Waals surface area contributed by atoms with Crippen molar-refractivity contribution in [2.24, 2.45) is 5.84 Å². The fourth-order valence-corrected chi connectivity index (χ4v) is 0.945. The van der Waals surface area contributed by atoms with Crippen LogP contribution in [0.25, 0.3) is 6.08 Å². The summed E-state index contributed by atoms with van der Waals surface area (Å²) in [6.07, 6.45) is 6.22. The van der Waals surface area contributed by atoms with Crippen molar-refractivity contribution in [1.29, 1.82) is 0 Å². The van der Waals surface area contributed by atoms with Crippen molar-refractivity contribution in [2.45, 2.75) is 0 Å². The molecule has 14 heavy (non-hydrogen) atoms. The molecule has 0 bridgehead atoms. The number of carbonyl (C=O) groups is 1. The normalized spacial score (nSPS) is 10.4. The Hall–Kier alpha value is -1.72. The molecule has 0 aliphatic rings. The summed E-state index contributed by atoms with van der Waals surface area (Å²) in [5.41, 5.74) is 3.13. The average molecular weight is 193 g/mol. The molecule has 1 rings (SSSR count). The fourth-order valence-electron chi connectivity index (χ4n) is 0.945. The van der Waals surface area contributed by atoms with Gasteiger partial charge in [-0.15, -0.1) is 0 Å². The highest BCUT2D eigenvalue weighted by Crippen LogP contribution is 2.04. The van der Waals surface area contributed by atoms with E-state index in [4.69, 9.17) is 10.9 Å². The molecule has 5 heteroatoms. The third-order valence-electron chi connectivity index (χ3n) is 1.57. The highest BCUT2D eigenvalue weighted by atomic mass is 16.2. The number of carbonyl (C=O) groups excluding carboxylic acids is 1. The zero-order chi connectivity index (χ0) is 10.4. The molecular weight excluding hydrogens is 182 g/mol. The maximum Gasteiger partial charge on any atom is 0.266 e. The SMILES string of the molecule is NNC(=O)c1cncc(C=CCO)c1. The quantitative estimate of drug-likeness (QED) is 0.349.